The van der Waals surface area contributed by atoms with E-state index in [1.807, 2.05) is 60.7 Å². The van der Waals surface area contributed by atoms with Crippen LogP contribution in [-0.4, -0.2) is 96.4 Å². The number of carbonyl (C=O) groups is 4. The number of nitrogens with zero attached hydrogens (tertiary/aromatic N) is 2. The molecule has 0 bridgehead atoms. The number of methoxy groups -OCH3 is 2. The zero-order valence-corrected chi connectivity index (χ0v) is 33.3. The molecule has 4 atom stereocenters. The van der Waals surface area contributed by atoms with Crippen molar-refractivity contribution >= 4 is 58.4 Å². The van der Waals surface area contributed by atoms with Crippen molar-refractivity contribution < 1.29 is 38.1 Å². The molecule has 0 saturated carbocycles. The summed E-state index contributed by atoms with van der Waals surface area (Å²) in [6, 6.07) is 12.5. The molecule has 2 amide bonds. The van der Waals surface area contributed by atoms with Crippen molar-refractivity contribution in [3.05, 3.63) is 94.4 Å². The zero-order valence-electron chi connectivity index (χ0n) is 31.7. The monoisotopic (exact) mass is 802 g/mol. The third-order valence-corrected chi connectivity index (χ3v) is 10.7. The van der Waals surface area contributed by atoms with Gasteiger partial charge in [-0.2, -0.15) is 0 Å². The van der Waals surface area contributed by atoms with E-state index in [0.29, 0.717) is 83.0 Å². The van der Waals surface area contributed by atoms with E-state index in [-0.39, 0.29) is 25.0 Å². The molecule has 2 fully saturated rings. The van der Waals surface area contributed by atoms with E-state index in [1.54, 1.807) is 23.6 Å². The Hall–Kier alpha value is -5.48. The molecule has 4 N–H and O–H groups in total. The fraction of sp³-hybridized carbons (Fsp3) is 0.400. The van der Waals surface area contributed by atoms with Crippen LogP contribution in [-0.2, 0) is 28.7 Å². The van der Waals surface area contributed by atoms with Crippen LogP contribution in [0.25, 0.3) is 0 Å². The maximum atomic E-state index is 13.9. The predicted octanol–water partition coefficient (Wildman–Crippen LogP) is 3.61. The van der Waals surface area contributed by atoms with Gasteiger partial charge in [-0.3, -0.25) is 9.59 Å². The number of ether oxygens (including phenoxy) is 4. The molecule has 2 aromatic rings. The summed E-state index contributed by atoms with van der Waals surface area (Å²) in [4.78, 5) is 55.8. The molecule has 2 aromatic carbocycles. The Kier molecular flexibility index (Phi) is 12.9. The fourth-order valence-electron chi connectivity index (χ4n) is 7.54. The van der Waals surface area contributed by atoms with Gasteiger partial charge in [0.15, 0.2) is 10.2 Å². The highest BCUT2D eigenvalue weighted by molar-refractivity contribution is 7.80. The van der Waals surface area contributed by atoms with Crippen LogP contribution in [0.2, 0.25) is 0 Å². The van der Waals surface area contributed by atoms with Crippen molar-refractivity contribution in [1.82, 2.24) is 31.1 Å². The largest absolute Gasteiger partial charge is 0.490 e. The van der Waals surface area contributed by atoms with E-state index in [1.165, 1.54) is 14.2 Å². The molecule has 56 heavy (non-hydrogen) atoms. The highest BCUT2D eigenvalue weighted by Crippen LogP contribution is 2.34. The molecule has 0 aromatic heterocycles. The van der Waals surface area contributed by atoms with Crippen LogP contribution in [0.5, 0.6) is 11.5 Å². The van der Waals surface area contributed by atoms with Gasteiger partial charge in [-0.1, -0.05) is 24.3 Å². The van der Waals surface area contributed by atoms with Gasteiger partial charge in [-0.05, 0) is 112 Å². The Labute approximate surface area is 336 Å². The van der Waals surface area contributed by atoms with E-state index in [2.05, 4.69) is 21.3 Å². The van der Waals surface area contributed by atoms with Gasteiger partial charge in [-0.15, -0.1) is 0 Å². The second-order valence-electron chi connectivity index (χ2n) is 13.7. The molecule has 16 heteroatoms. The third-order valence-electron chi connectivity index (χ3n) is 10.2. The Morgan fingerprint density at radius 3 is 1.50 bits per heavy atom. The van der Waals surface area contributed by atoms with Crippen molar-refractivity contribution in [2.45, 2.75) is 63.7 Å². The highest BCUT2D eigenvalue weighted by Gasteiger charge is 2.41. The van der Waals surface area contributed by atoms with E-state index < -0.39 is 36.1 Å². The molecular weight excluding hydrogens is 757 g/mol. The number of rotatable bonds is 12. The number of likely N-dealkylation sites (tertiary alicyclic amines) is 2. The number of esters is 2. The number of thiocarbonyl (C=S) groups is 2. The van der Waals surface area contributed by atoms with Crippen molar-refractivity contribution in [1.29, 1.82) is 0 Å². The predicted molar refractivity (Wildman–Crippen MR) is 215 cm³/mol. The lowest BCUT2D eigenvalue weighted by Crippen LogP contribution is -2.49. The smallest absolute Gasteiger partial charge is 0.328 e. The molecule has 2 saturated heterocycles. The number of amides is 2. The molecule has 6 rings (SSSR count). The second-order valence-corrected chi connectivity index (χ2v) is 14.6. The molecule has 296 valence electrons. The lowest BCUT2D eigenvalue weighted by Gasteiger charge is -2.33. The highest BCUT2D eigenvalue weighted by atomic mass is 32.1. The number of carbonyl (C=O) groups excluding carboxylic acids is 4. The molecule has 14 nitrogen and oxygen atoms in total. The summed E-state index contributed by atoms with van der Waals surface area (Å²) in [6.45, 7) is 5.03. The topological polar surface area (TPSA) is 160 Å². The summed E-state index contributed by atoms with van der Waals surface area (Å²) in [5.74, 6) is -0.172. The van der Waals surface area contributed by atoms with Crippen LogP contribution < -0.4 is 30.7 Å². The molecule has 0 spiro atoms. The van der Waals surface area contributed by atoms with Crippen LogP contribution in [0, 0.1) is 0 Å². The van der Waals surface area contributed by atoms with Crippen molar-refractivity contribution in [3.63, 3.8) is 0 Å². The van der Waals surface area contributed by atoms with Crippen LogP contribution in [0.4, 0.5) is 0 Å². The molecule has 4 aliphatic heterocycles. The van der Waals surface area contributed by atoms with Crippen LogP contribution >= 0.6 is 24.4 Å². The van der Waals surface area contributed by atoms with E-state index in [0.717, 1.165) is 11.1 Å². The van der Waals surface area contributed by atoms with Crippen molar-refractivity contribution in [2.24, 2.45) is 0 Å². The van der Waals surface area contributed by atoms with Gasteiger partial charge in [0.2, 0.25) is 0 Å². The quantitative estimate of drug-likeness (QED) is 0.140. The molecule has 2 unspecified atom stereocenters. The fourth-order valence-corrected chi connectivity index (χ4v) is 8.08. The molecule has 4 heterocycles. The average Bonchev–Trinajstić information content (AvgIpc) is 3.89. The SMILES string of the molecule is COC(=O)[C@@H]1CCCN1C(=O)C1=C(C)NC(=S)NC1c1cccc(OC/C=C\COc2cccc(C3NC(=S)NC(C)=C3C(=O)N3CCC[C@H]3C(=O)OC)c2)c1. The summed E-state index contributed by atoms with van der Waals surface area (Å²) in [7, 11) is 2.66. The van der Waals surface area contributed by atoms with E-state index in [4.69, 9.17) is 43.4 Å². The van der Waals surface area contributed by atoms with Crippen molar-refractivity contribution in [2.75, 3.05) is 40.5 Å². The first-order chi connectivity index (χ1) is 27.0. The summed E-state index contributed by atoms with van der Waals surface area (Å²) >= 11 is 10.9. The molecule has 0 aliphatic carbocycles. The number of hydrogen-bond donors (Lipinski definition) is 4. The first-order valence-electron chi connectivity index (χ1n) is 18.4. The lowest BCUT2D eigenvalue weighted by atomic mass is 9.94. The van der Waals surface area contributed by atoms with Gasteiger partial charge in [0.1, 0.15) is 36.8 Å². The van der Waals surface area contributed by atoms with E-state index in [9.17, 15) is 19.2 Å². The minimum absolute atomic E-state index is 0.255. The number of allylic oxidation sites excluding steroid dienone is 2. The standard InChI is InChI=1S/C40H46N6O8S2/c1-23-31(35(47)45-17-9-15-29(45)37(49)51-3)33(43-39(55)41-23)25-11-7-13-27(21-25)53-19-5-6-20-54-28-14-8-12-26(22-28)34-32(24(2)42-40(56)44-34)36(48)46-18-10-16-30(46)38(50)52-4/h5-8,11-14,21-22,29-30,33-34H,9-10,15-20H2,1-4H3,(H2,41,43,55)(H2,42,44,56)/b6-5-/t29-,30-,33?,34?/m0/s1. The summed E-state index contributed by atoms with van der Waals surface area (Å²) in [6.07, 6.45) is 6.21. The summed E-state index contributed by atoms with van der Waals surface area (Å²) < 4.78 is 22.0. The van der Waals surface area contributed by atoms with Crippen LogP contribution in [0.3, 0.4) is 0 Å². The number of hydrogen-bond acceptors (Lipinski definition) is 10. The van der Waals surface area contributed by atoms with Crippen molar-refractivity contribution in [3.8, 4) is 11.5 Å². The van der Waals surface area contributed by atoms with Crippen LogP contribution in [0.1, 0.15) is 62.7 Å². The number of benzene rings is 2. The number of nitrogens with one attached hydrogen (secondary N) is 4. The minimum Gasteiger partial charge on any atom is -0.490 e. The Balaban J connectivity index is 1.07. The first-order valence-corrected chi connectivity index (χ1v) is 19.3. The minimum atomic E-state index is -0.629. The zero-order chi connectivity index (χ0) is 39.9. The average molecular weight is 803 g/mol. The summed E-state index contributed by atoms with van der Waals surface area (Å²) in [5.41, 5.74) is 3.73. The third kappa shape index (κ3) is 8.81. The van der Waals surface area contributed by atoms with Gasteiger partial charge >= 0.3 is 11.9 Å². The molecule has 4 aliphatic rings. The first kappa shape index (κ1) is 40.2. The van der Waals surface area contributed by atoms with Gasteiger partial charge in [-0.25, -0.2) is 9.59 Å². The van der Waals surface area contributed by atoms with Gasteiger partial charge in [0.25, 0.3) is 11.8 Å². The van der Waals surface area contributed by atoms with Gasteiger partial charge < -0.3 is 50.0 Å². The normalized spacial score (nSPS) is 22.3. The van der Waals surface area contributed by atoms with Gasteiger partial charge in [0, 0.05) is 24.5 Å². The summed E-state index contributed by atoms with van der Waals surface area (Å²) in [5, 5.41) is 13.3. The Morgan fingerprint density at radius 1 is 0.696 bits per heavy atom. The Morgan fingerprint density at radius 2 is 1.11 bits per heavy atom. The molecule has 0 radical (unpaired) electrons. The Bertz CT molecular complexity index is 1860. The lowest BCUT2D eigenvalue weighted by molar-refractivity contribution is -0.150. The maximum absolute atomic E-state index is 13.9. The maximum Gasteiger partial charge on any atom is 0.328 e. The van der Waals surface area contributed by atoms with E-state index >= 15 is 0 Å². The van der Waals surface area contributed by atoms with Crippen LogP contribution in [0.15, 0.2) is 83.2 Å². The molecular formula is C40H46N6O8S2. The second kappa shape index (κ2) is 18.0. The van der Waals surface area contributed by atoms with Gasteiger partial charge in [0.05, 0.1) is 37.4 Å².